The second-order valence-electron chi connectivity index (χ2n) is 4.57. The molecule has 0 aromatic heterocycles. The van der Waals surface area contributed by atoms with Crippen molar-refractivity contribution in [1.29, 1.82) is 0 Å². The van der Waals surface area contributed by atoms with Crippen molar-refractivity contribution in [2.75, 3.05) is 39.9 Å². The van der Waals surface area contributed by atoms with Crippen LogP contribution in [0.5, 0.6) is 0 Å². The predicted molar refractivity (Wildman–Crippen MR) is 59.6 cm³/mol. The van der Waals surface area contributed by atoms with Gasteiger partial charge in [0.25, 0.3) is 0 Å². The fraction of sp³-hybridized carbons (Fsp3) is 1.00. The maximum atomic E-state index is 5.10. The lowest BCUT2D eigenvalue weighted by atomic mass is 10.0. The van der Waals surface area contributed by atoms with Crippen molar-refractivity contribution in [1.82, 2.24) is 10.2 Å². The average molecular weight is 200 g/mol. The standard InChI is InChI=1S/C11H24N2O/c1-10(2)8-11-9-13(5-4-12-11)6-7-14-3/h10-12H,4-9H2,1-3H3. The number of hydrogen-bond donors (Lipinski definition) is 1. The van der Waals surface area contributed by atoms with E-state index >= 15 is 0 Å². The SMILES string of the molecule is COCCN1CCNC(CC(C)C)C1. The Kier molecular flexibility index (Phi) is 5.45. The van der Waals surface area contributed by atoms with Gasteiger partial charge in [-0.1, -0.05) is 13.8 Å². The topological polar surface area (TPSA) is 24.5 Å². The number of hydrogen-bond acceptors (Lipinski definition) is 3. The van der Waals surface area contributed by atoms with E-state index in [1.807, 2.05) is 0 Å². The zero-order chi connectivity index (χ0) is 10.4. The van der Waals surface area contributed by atoms with Crippen LogP contribution < -0.4 is 5.32 Å². The molecule has 1 saturated heterocycles. The highest BCUT2D eigenvalue weighted by molar-refractivity contribution is 4.79. The summed E-state index contributed by atoms with van der Waals surface area (Å²) in [4.78, 5) is 2.49. The Morgan fingerprint density at radius 3 is 2.93 bits per heavy atom. The molecule has 1 fully saturated rings. The van der Waals surface area contributed by atoms with Gasteiger partial charge in [0, 0.05) is 39.3 Å². The second-order valence-corrected chi connectivity index (χ2v) is 4.57. The van der Waals surface area contributed by atoms with E-state index in [1.165, 1.54) is 13.0 Å². The van der Waals surface area contributed by atoms with Gasteiger partial charge in [0.15, 0.2) is 0 Å². The molecule has 1 aliphatic rings. The molecule has 84 valence electrons. The highest BCUT2D eigenvalue weighted by Gasteiger charge is 2.19. The molecule has 1 aliphatic heterocycles. The highest BCUT2D eigenvalue weighted by atomic mass is 16.5. The van der Waals surface area contributed by atoms with Gasteiger partial charge in [-0.2, -0.15) is 0 Å². The fourth-order valence-corrected chi connectivity index (χ4v) is 2.04. The van der Waals surface area contributed by atoms with Crippen LogP contribution in [0.15, 0.2) is 0 Å². The molecule has 1 unspecified atom stereocenters. The van der Waals surface area contributed by atoms with Crippen molar-refractivity contribution >= 4 is 0 Å². The van der Waals surface area contributed by atoms with Gasteiger partial charge >= 0.3 is 0 Å². The van der Waals surface area contributed by atoms with Gasteiger partial charge in [0.1, 0.15) is 0 Å². The molecule has 0 radical (unpaired) electrons. The molecular formula is C11H24N2O. The van der Waals surface area contributed by atoms with Gasteiger partial charge in [-0.25, -0.2) is 0 Å². The Hall–Kier alpha value is -0.120. The maximum absolute atomic E-state index is 5.10. The van der Waals surface area contributed by atoms with Crippen molar-refractivity contribution < 1.29 is 4.74 Å². The van der Waals surface area contributed by atoms with Gasteiger partial charge < -0.3 is 10.1 Å². The van der Waals surface area contributed by atoms with Crippen LogP contribution in [0, 0.1) is 5.92 Å². The molecule has 0 aromatic rings. The fourth-order valence-electron chi connectivity index (χ4n) is 2.04. The molecule has 0 aromatic carbocycles. The summed E-state index contributed by atoms with van der Waals surface area (Å²) in [5.41, 5.74) is 0. The van der Waals surface area contributed by atoms with Gasteiger partial charge in [0.2, 0.25) is 0 Å². The summed E-state index contributed by atoms with van der Waals surface area (Å²) >= 11 is 0. The number of ether oxygens (including phenoxy) is 1. The number of nitrogens with one attached hydrogen (secondary N) is 1. The summed E-state index contributed by atoms with van der Waals surface area (Å²) in [5.74, 6) is 0.787. The molecule has 1 atom stereocenters. The van der Waals surface area contributed by atoms with E-state index < -0.39 is 0 Å². The number of nitrogens with zero attached hydrogens (tertiary/aromatic N) is 1. The summed E-state index contributed by atoms with van der Waals surface area (Å²) in [5, 5.41) is 3.57. The lowest BCUT2D eigenvalue weighted by Crippen LogP contribution is -2.51. The summed E-state index contributed by atoms with van der Waals surface area (Å²) in [7, 11) is 1.77. The van der Waals surface area contributed by atoms with E-state index in [0.717, 1.165) is 32.2 Å². The lowest BCUT2D eigenvalue weighted by Gasteiger charge is -2.34. The molecule has 3 heteroatoms. The number of rotatable bonds is 5. The Morgan fingerprint density at radius 1 is 1.50 bits per heavy atom. The van der Waals surface area contributed by atoms with E-state index in [4.69, 9.17) is 4.74 Å². The van der Waals surface area contributed by atoms with Crippen LogP contribution in [0.2, 0.25) is 0 Å². The van der Waals surface area contributed by atoms with Gasteiger partial charge in [-0.15, -0.1) is 0 Å². The van der Waals surface area contributed by atoms with E-state index in [-0.39, 0.29) is 0 Å². The van der Waals surface area contributed by atoms with Crippen molar-refractivity contribution in [3.05, 3.63) is 0 Å². The molecule has 1 N–H and O–H groups in total. The van der Waals surface area contributed by atoms with Crippen LogP contribution in [0.25, 0.3) is 0 Å². The molecule has 14 heavy (non-hydrogen) atoms. The van der Waals surface area contributed by atoms with Crippen molar-refractivity contribution in [2.45, 2.75) is 26.3 Å². The smallest absolute Gasteiger partial charge is 0.0589 e. The Morgan fingerprint density at radius 2 is 2.29 bits per heavy atom. The van der Waals surface area contributed by atoms with Gasteiger partial charge in [-0.3, -0.25) is 4.90 Å². The summed E-state index contributed by atoms with van der Waals surface area (Å²) < 4.78 is 5.10. The third-order valence-electron chi connectivity index (χ3n) is 2.71. The Bertz CT molecular complexity index is 150. The molecular weight excluding hydrogens is 176 g/mol. The maximum Gasteiger partial charge on any atom is 0.0589 e. The Balaban J connectivity index is 2.21. The second kappa shape index (κ2) is 6.38. The van der Waals surface area contributed by atoms with Crippen LogP contribution in [-0.4, -0.2) is 50.8 Å². The summed E-state index contributed by atoms with van der Waals surface area (Å²) in [6.07, 6.45) is 1.28. The zero-order valence-corrected chi connectivity index (χ0v) is 9.75. The first-order chi connectivity index (χ1) is 6.72. The van der Waals surface area contributed by atoms with E-state index in [0.29, 0.717) is 6.04 Å². The first-order valence-electron chi connectivity index (χ1n) is 5.67. The van der Waals surface area contributed by atoms with E-state index in [1.54, 1.807) is 7.11 Å². The van der Waals surface area contributed by atoms with E-state index in [2.05, 4.69) is 24.1 Å². The van der Waals surface area contributed by atoms with Crippen LogP contribution in [0.4, 0.5) is 0 Å². The molecule has 3 nitrogen and oxygen atoms in total. The number of methoxy groups -OCH3 is 1. The molecule has 0 amide bonds. The highest BCUT2D eigenvalue weighted by Crippen LogP contribution is 2.09. The normalized spacial score (nSPS) is 24.4. The van der Waals surface area contributed by atoms with Crippen molar-refractivity contribution in [3.63, 3.8) is 0 Å². The molecule has 0 saturated carbocycles. The predicted octanol–water partition coefficient (Wildman–Crippen LogP) is 0.953. The molecule has 1 rings (SSSR count). The first-order valence-corrected chi connectivity index (χ1v) is 5.67. The van der Waals surface area contributed by atoms with Crippen LogP contribution in [-0.2, 0) is 4.74 Å². The largest absolute Gasteiger partial charge is 0.383 e. The minimum atomic E-state index is 0.681. The Labute approximate surface area is 87.8 Å². The quantitative estimate of drug-likeness (QED) is 0.715. The number of piperazine rings is 1. The molecule has 1 heterocycles. The monoisotopic (exact) mass is 200 g/mol. The van der Waals surface area contributed by atoms with Crippen LogP contribution >= 0.6 is 0 Å². The zero-order valence-electron chi connectivity index (χ0n) is 9.75. The summed E-state index contributed by atoms with van der Waals surface area (Å²) in [6.45, 7) is 9.98. The molecule has 0 aliphatic carbocycles. The van der Waals surface area contributed by atoms with E-state index in [9.17, 15) is 0 Å². The molecule has 0 bridgehead atoms. The summed E-state index contributed by atoms with van der Waals surface area (Å²) in [6, 6.07) is 0.681. The van der Waals surface area contributed by atoms with Crippen molar-refractivity contribution in [3.8, 4) is 0 Å². The van der Waals surface area contributed by atoms with Crippen LogP contribution in [0.1, 0.15) is 20.3 Å². The van der Waals surface area contributed by atoms with Crippen molar-refractivity contribution in [2.24, 2.45) is 5.92 Å². The van der Waals surface area contributed by atoms with Gasteiger partial charge in [-0.05, 0) is 12.3 Å². The third kappa shape index (κ3) is 4.40. The average Bonchev–Trinajstić information content (AvgIpc) is 2.14. The molecule has 0 spiro atoms. The lowest BCUT2D eigenvalue weighted by molar-refractivity contribution is 0.122. The van der Waals surface area contributed by atoms with Crippen LogP contribution in [0.3, 0.4) is 0 Å². The third-order valence-corrected chi connectivity index (χ3v) is 2.71. The van der Waals surface area contributed by atoms with Gasteiger partial charge in [0.05, 0.1) is 6.61 Å². The minimum absolute atomic E-state index is 0.681. The minimum Gasteiger partial charge on any atom is -0.383 e. The first kappa shape index (κ1) is 12.0.